The van der Waals surface area contributed by atoms with Crippen LogP contribution in [0.15, 0.2) is 47.8 Å². The lowest BCUT2D eigenvalue weighted by Gasteiger charge is -2.26. The SMILES string of the molecule is C=C1C(=O)NC(c2ccc(C(C)(C)CC)cc2)=CN1/N=C(\C)C(F)(F)F.CC. The molecule has 0 unspecified atom stereocenters. The zero-order valence-corrected chi connectivity index (χ0v) is 17.2. The van der Waals surface area contributed by atoms with Crippen LogP contribution in [0.25, 0.3) is 5.70 Å². The molecule has 154 valence electrons. The molecule has 0 bridgehead atoms. The van der Waals surface area contributed by atoms with Crippen molar-refractivity contribution in [3.8, 4) is 0 Å². The number of carbonyl (C=O) groups excluding carboxylic acids is 1. The number of benzene rings is 1. The lowest BCUT2D eigenvalue weighted by molar-refractivity contribution is -0.118. The highest BCUT2D eigenvalue weighted by Crippen LogP contribution is 2.29. The number of nitrogens with zero attached hydrogens (tertiary/aromatic N) is 2. The van der Waals surface area contributed by atoms with E-state index < -0.39 is 17.8 Å². The van der Waals surface area contributed by atoms with Gasteiger partial charge in [-0.25, -0.2) is 5.01 Å². The predicted octanol–water partition coefficient (Wildman–Crippen LogP) is 5.58. The summed E-state index contributed by atoms with van der Waals surface area (Å²) in [6, 6.07) is 7.55. The molecule has 1 heterocycles. The van der Waals surface area contributed by atoms with Crippen molar-refractivity contribution in [3.63, 3.8) is 0 Å². The number of rotatable bonds is 4. The lowest BCUT2D eigenvalue weighted by Crippen LogP contribution is -2.36. The molecule has 0 aromatic heterocycles. The van der Waals surface area contributed by atoms with E-state index in [0.29, 0.717) is 11.3 Å². The number of hydrogen-bond acceptors (Lipinski definition) is 3. The standard InChI is InChI=1S/C19H22F3N3O.C2H6/c1-6-18(4,5)15-9-7-14(8-10-15)16-11-25(12(2)17(26)23-16)24-13(3)19(20,21)22;1-2/h7-11H,2,6H2,1,3-5H3,(H,23,26);1-2H3/b24-13+;. The summed E-state index contributed by atoms with van der Waals surface area (Å²) in [5.41, 5.74) is 0.939. The Morgan fingerprint density at radius 2 is 1.71 bits per heavy atom. The number of halogens is 3. The van der Waals surface area contributed by atoms with Gasteiger partial charge in [0.2, 0.25) is 0 Å². The zero-order valence-electron chi connectivity index (χ0n) is 17.2. The van der Waals surface area contributed by atoms with E-state index in [9.17, 15) is 18.0 Å². The summed E-state index contributed by atoms with van der Waals surface area (Å²) in [5.74, 6) is -0.598. The van der Waals surface area contributed by atoms with Crippen LogP contribution in [0.3, 0.4) is 0 Å². The van der Waals surface area contributed by atoms with Crippen molar-refractivity contribution in [2.45, 2.75) is 59.6 Å². The second-order valence-electron chi connectivity index (χ2n) is 6.79. The Balaban J connectivity index is 0.00000190. The van der Waals surface area contributed by atoms with E-state index in [4.69, 9.17) is 0 Å². The van der Waals surface area contributed by atoms with Crippen molar-refractivity contribution in [2.75, 3.05) is 0 Å². The molecule has 0 saturated carbocycles. The van der Waals surface area contributed by atoms with Gasteiger partial charge in [0.25, 0.3) is 5.91 Å². The average molecular weight is 395 g/mol. The molecule has 0 spiro atoms. The second-order valence-corrected chi connectivity index (χ2v) is 6.79. The molecule has 1 amide bonds. The molecular formula is C21H28F3N3O. The van der Waals surface area contributed by atoms with Gasteiger partial charge in [0.1, 0.15) is 11.4 Å². The molecule has 0 saturated heterocycles. The lowest BCUT2D eigenvalue weighted by atomic mass is 9.82. The van der Waals surface area contributed by atoms with Crippen molar-refractivity contribution in [1.82, 2.24) is 10.3 Å². The third-order valence-electron chi connectivity index (χ3n) is 4.57. The number of amides is 1. The first kappa shape index (κ1) is 23.5. The van der Waals surface area contributed by atoms with Crippen LogP contribution in [0.1, 0.15) is 59.1 Å². The van der Waals surface area contributed by atoms with E-state index in [-0.39, 0.29) is 11.1 Å². The van der Waals surface area contributed by atoms with Crippen LogP contribution in [0.4, 0.5) is 13.2 Å². The summed E-state index contributed by atoms with van der Waals surface area (Å²) in [6.07, 6.45) is -2.28. The van der Waals surface area contributed by atoms with E-state index in [1.165, 1.54) is 6.20 Å². The van der Waals surface area contributed by atoms with Crippen molar-refractivity contribution in [1.29, 1.82) is 0 Å². The molecule has 1 aromatic carbocycles. The molecular weight excluding hydrogens is 367 g/mol. The van der Waals surface area contributed by atoms with Gasteiger partial charge >= 0.3 is 6.18 Å². The molecule has 1 aliphatic rings. The van der Waals surface area contributed by atoms with Gasteiger partial charge in [-0.2, -0.15) is 18.3 Å². The minimum Gasteiger partial charge on any atom is -0.319 e. The van der Waals surface area contributed by atoms with Gasteiger partial charge in [0.15, 0.2) is 0 Å². The van der Waals surface area contributed by atoms with Gasteiger partial charge < -0.3 is 5.32 Å². The Morgan fingerprint density at radius 1 is 1.18 bits per heavy atom. The summed E-state index contributed by atoms with van der Waals surface area (Å²) < 4.78 is 38.2. The van der Waals surface area contributed by atoms with Crippen molar-refractivity contribution < 1.29 is 18.0 Å². The molecule has 0 atom stereocenters. The van der Waals surface area contributed by atoms with Crippen LogP contribution >= 0.6 is 0 Å². The van der Waals surface area contributed by atoms with Gasteiger partial charge in [-0.15, -0.1) is 0 Å². The topological polar surface area (TPSA) is 44.7 Å². The Kier molecular flexibility index (Phi) is 7.61. The molecule has 1 aromatic rings. The van der Waals surface area contributed by atoms with Crippen LogP contribution in [-0.2, 0) is 10.2 Å². The largest absolute Gasteiger partial charge is 0.430 e. The molecule has 4 nitrogen and oxygen atoms in total. The Morgan fingerprint density at radius 3 is 2.18 bits per heavy atom. The minimum atomic E-state index is -4.57. The van der Waals surface area contributed by atoms with Gasteiger partial charge in [0.05, 0.1) is 11.9 Å². The van der Waals surface area contributed by atoms with E-state index in [2.05, 4.69) is 37.8 Å². The summed E-state index contributed by atoms with van der Waals surface area (Å²) in [6.45, 7) is 14.7. The Bertz CT molecular complexity index is 775. The maximum atomic E-state index is 12.7. The minimum absolute atomic E-state index is 0.0111. The summed E-state index contributed by atoms with van der Waals surface area (Å²) in [7, 11) is 0. The number of hydrazone groups is 1. The summed E-state index contributed by atoms with van der Waals surface area (Å²) in [5, 5.41) is 6.96. The van der Waals surface area contributed by atoms with E-state index in [1.807, 2.05) is 38.1 Å². The fraction of sp³-hybridized carbons (Fsp3) is 0.429. The maximum absolute atomic E-state index is 12.7. The first-order valence-corrected chi connectivity index (χ1v) is 9.20. The molecule has 2 rings (SSSR count). The quantitative estimate of drug-likeness (QED) is 0.534. The van der Waals surface area contributed by atoms with Crippen LogP contribution < -0.4 is 5.32 Å². The predicted molar refractivity (Wildman–Crippen MR) is 107 cm³/mol. The number of nitrogens with one attached hydrogen (secondary N) is 1. The first-order chi connectivity index (χ1) is 13.0. The summed E-state index contributed by atoms with van der Waals surface area (Å²) >= 11 is 0. The van der Waals surface area contributed by atoms with Crippen molar-refractivity contribution in [2.24, 2.45) is 5.10 Å². The molecule has 0 aliphatic carbocycles. The normalized spacial score (nSPS) is 15.5. The molecule has 28 heavy (non-hydrogen) atoms. The maximum Gasteiger partial charge on any atom is 0.430 e. The number of alkyl halides is 3. The molecule has 0 fully saturated rings. The zero-order chi connectivity index (χ0) is 21.7. The molecule has 7 heteroatoms. The Labute approximate surface area is 164 Å². The molecule has 1 N–H and O–H groups in total. The van der Waals surface area contributed by atoms with Crippen LogP contribution in [0.5, 0.6) is 0 Å². The van der Waals surface area contributed by atoms with E-state index in [1.54, 1.807) is 0 Å². The number of hydrogen-bond donors (Lipinski definition) is 1. The number of carbonyl (C=O) groups is 1. The van der Waals surface area contributed by atoms with Gasteiger partial charge in [-0.3, -0.25) is 4.79 Å². The van der Waals surface area contributed by atoms with Crippen LogP contribution in [-0.4, -0.2) is 22.8 Å². The smallest absolute Gasteiger partial charge is 0.319 e. The fourth-order valence-electron chi connectivity index (χ4n) is 2.29. The van der Waals surface area contributed by atoms with Crippen molar-refractivity contribution >= 4 is 17.3 Å². The third kappa shape index (κ3) is 5.47. The fourth-order valence-corrected chi connectivity index (χ4v) is 2.29. The van der Waals surface area contributed by atoms with Crippen LogP contribution in [0.2, 0.25) is 0 Å². The van der Waals surface area contributed by atoms with E-state index in [0.717, 1.165) is 23.9 Å². The van der Waals surface area contributed by atoms with E-state index >= 15 is 0 Å². The summed E-state index contributed by atoms with van der Waals surface area (Å²) in [4.78, 5) is 12.0. The highest BCUT2D eigenvalue weighted by atomic mass is 19.4. The first-order valence-electron chi connectivity index (χ1n) is 9.20. The average Bonchev–Trinajstić information content (AvgIpc) is 2.66. The molecule has 1 aliphatic heterocycles. The van der Waals surface area contributed by atoms with Crippen molar-refractivity contribution in [3.05, 3.63) is 53.9 Å². The molecule has 0 radical (unpaired) electrons. The van der Waals surface area contributed by atoms with Gasteiger partial charge in [0, 0.05) is 0 Å². The van der Waals surface area contributed by atoms with Gasteiger partial charge in [-0.1, -0.05) is 65.5 Å². The highest BCUT2D eigenvalue weighted by molar-refractivity contribution is 6.00. The monoisotopic (exact) mass is 395 g/mol. The third-order valence-corrected chi connectivity index (χ3v) is 4.57. The Hall–Kier alpha value is -2.57. The second kappa shape index (κ2) is 9.08. The van der Waals surface area contributed by atoms with Crippen LogP contribution in [0, 0.1) is 0 Å². The highest BCUT2D eigenvalue weighted by Gasteiger charge is 2.34. The van der Waals surface area contributed by atoms with Gasteiger partial charge in [-0.05, 0) is 29.9 Å².